The molecule has 0 amide bonds. The Hall–Kier alpha value is -0.306. The number of rotatable bonds is 5. The largest absolute Gasteiger partial charge is 0.523 e. The zero-order valence-corrected chi connectivity index (χ0v) is 7.79. The lowest BCUT2D eigenvalue weighted by Crippen LogP contribution is -2.46. The highest BCUT2D eigenvalue weighted by molar-refractivity contribution is 6.60. The molecule has 0 saturated heterocycles. The fourth-order valence-corrected chi connectivity index (χ4v) is 1.72. The molecule has 0 aromatic heterocycles. The van der Waals surface area contributed by atoms with E-state index >= 15 is 0 Å². The highest BCUT2D eigenvalue weighted by atomic mass is 28.4. The summed E-state index contributed by atoms with van der Waals surface area (Å²) in [5.74, 6) is 0. The second kappa shape index (κ2) is 7.35. The lowest BCUT2D eigenvalue weighted by molar-refractivity contribution is 0.125. The molecule has 0 heterocycles. The third-order valence-electron chi connectivity index (χ3n) is 1.27. The van der Waals surface area contributed by atoms with Gasteiger partial charge in [-0.3, -0.25) is 0 Å². The second-order valence-electron chi connectivity index (χ2n) is 1.70. The second-order valence-corrected chi connectivity index (χ2v) is 4.61. The van der Waals surface area contributed by atoms with Crippen molar-refractivity contribution in [1.82, 2.24) is 0 Å². The van der Waals surface area contributed by atoms with Crippen LogP contribution in [0, 0.1) is 0 Å². The summed E-state index contributed by atoms with van der Waals surface area (Å²) in [7, 11) is 1.71. The van der Waals surface area contributed by atoms with E-state index < -0.39 is 8.80 Å². The van der Waals surface area contributed by atoms with E-state index in [0.29, 0.717) is 0 Å². The summed E-state index contributed by atoms with van der Waals surface area (Å²) in [5, 5.41) is 0. The average Bonchev–Trinajstić information content (AvgIpc) is 2.08. The summed E-state index contributed by atoms with van der Waals surface area (Å²) < 4.78 is 14.9. The molecule has 0 fully saturated rings. The van der Waals surface area contributed by atoms with Crippen molar-refractivity contribution < 1.29 is 18.1 Å². The lowest BCUT2D eigenvalue weighted by atomic mass is 11.4. The summed E-state index contributed by atoms with van der Waals surface area (Å²) in [6.07, 6.45) is 1.51. The summed E-state index contributed by atoms with van der Waals surface area (Å²) in [5.41, 5.74) is 0. The molecule has 72 valence electrons. The molecule has 0 aliphatic heterocycles. The van der Waals surface area contributed by atoms with Crippen molar-refractivity contribution in [2.24, 2.45) is 4.99 Å². The number of hydrogen-bond donors (Lipinski definition) is 0. The van der Waals surface area contributed by atoms with Gasteiger partial charge in [-0.1, -0.05) is 0 Å². The van der Waals surface area contributed by atoms with Gasteiger partial charge in [0.25, 0.3) is 0 Å². The monoisotopic (exact) mass is 209 g/mol. The first-order valence-electron chi connectivity index (χ1n) is 2.93. The van der Waals surface area contributed by atoms with Crippen LogP contribution in [0.3, 0.4) is 0 Å². The van der Waals surface area contributed by atoms with Crippen LogP contribution in [0.5, 0.6) is 0 Å². The SMILES string of the molecule is CO[Si](CN=C=O)(OC)OC.[SiH4]. The van der Waals surface area contributed by atoms with Crippen LogP contribution < -0.4 is 0 Å². The third-order valence-corrected chi connectivity index (χ3v) is 3.68. The van der Waals surface area contributed by atoms with E-state index in [1.165, 1.54) is 27.4 Å². The number of aliphatic imine (C=N–C) groups is 1. The van der Waals surface area contributed by atoms with E-state index in [1.807, 2.05) is 0 Å². The van der Waals surface area contributed by atoms with Gasteiger partial charge in [0.05, 0.1) is 0 Å². The predicted molar refractivity (Wildman–Crippen MR) is 51.1 cm³/mol. The third kappa shape index (κ3) is 3.91. The molecule has 0 aromatic rings. The Morgan fingerprint density at radius 3 is 1.92 bits per heavy atom. The quantitative estimate of drug-likeness (QED) is 0.307. The topological polar surface area (TPSA) is 57.1 Å². The van der Waals surface area contributed by atoms with Crippen LogP contribution in [0.2, 0.25) is 0 Å². The molecular formula is C5H15NO4Si2. The van der Waals surface area contributed by atoms with Crippen LogP contribution in [-0.4, -0.2) is 53.3 Å². The van der Waals surface area contributed by atoms with Crippen LogP contribution >= 0.6 is 0 Å². The van der Waals surface area contributed by atoms with E-state index in [4.69, 9.17) is 13.3 Å². The Balaban J connectivity index is 0. The Morgan fingerprint density at radius 1 is 1.25 bits per heavy atom. The minimum atomic E-state index is -2.67. The molecule has 0 unspecified atom stereocenters. The molecule has 0 aromatic carbocycles. The standard InChI is InChI=1S/C5H11NO4Si.H4Si/c1-8-11(9-2,10-3)5-6-4-7;/h5H2,1-3H3;1H4. The Kier molecular flexibility index (Phi) is 8.71. The van der Waals surface area contributed by atoms with Crippen molar-refractivity contribution in [3.8, 4) is 0 Å². The van der Waals surface area contributed by atoms with Crippen molar-refractivity contribution in [3.63, 3.8) is 0 Å². The van der Waals surface area contributed by atoms with Crippen molar-refractivity contribution in [2.45, 2.75) is 0 Å². The Morgan fingerprint density at radius 2 is 1.67 bits per heavy atom. The van der Waals surface area contributed by atoms with Crippen molar-refractivity contribution in [3.05, 3.63) is 0 Å². The maximum absolute atomic E-state index is 9.76. The van der Waals surface area contributed by atoms with Gasteiger partial charge in [-0.25, -0.2) is 9.79 Å². The molecule has 0 atom stereocenters. The van der Waals surface area contributed by atoms with Gasteiger partial charge in [0.2, 0.25) is 6.08 Å². The molecule has 7 heteroatoms. The minimum absolute atomic E-state index is 0. The zero-order chi connectivity index (χ0) is 8.74. The molecule has 5 nitrogen and oxygen atoms in total. The van der Waals surface area contributed by atoms with E-state index in [-0.39, 0.29) is 17.1 Å². The summed E-state index contributed by atoms with van der Waals surface area (Å²) in [4.78, 5) is 13.1. The van der Waals surface area contributed by atoms with Gasteiger partial charge in [-0.05, 0) is 11.0 Å². The molecule has 0 spiro atoms. The van der Waals surface area contributed by atoms with Gasteiger partial charge >= 0.3 is 8.80 Å². The van der Waals surface area contributed by atoms with Crippen LogP contribution in [0.1, 0.15) is 0 Å². The summed E-state index contributed by atoms with van der Waals surface area (Å²) in [6.45, 7) is 0. The molecule has 0 radical (unpaired) electrons. The van der Waals surface area contributed by atoms with E-state index in [9.17, 15) is 4.79 Å². The van der Waals surface area contributed by atoms with Gasteiger partial charge in [-0.15, -0.1) is 0 Å². The molecule has 12 heavy (non-hydrogen) atoms. The van der Waals surface area contributed by atoms with Crippen molar-refractivity contribution in [1.29, 1.82) is 0 Å². The highest BCUT2D eigenvalue weighted by Crippen LogP contribution is 2.04. The number of isocyanates is 1. The molecule has 0 aliphatic rings. The van der Waals surface area contributed by atoms with Crippen LogP contribution in [0.25, 0.3) is 0 Å². The van der Waals surface area contributed by atoms with Gasteiger partial charge in [0.1, 0.15) is 6.17 Å². The first-order valence-corrected chi connectivity index (χ1v) is 4.87. The van der Waals surface area contributed by atoms with Crippen LogP contribution in [0.15, 0.2) is 4.99 Å². The average molecular weight is 209 g/mol. The maximum atomic E-state index is 9.76. The normalized spacial score (nSPS) is 9.92. The van der Waals surface area contributed by atoms with Crippen molar-refractivity contribution >= 4 is 25.8 Å². The Bertz CT molecular complexity index is 147. The molecule has 0 rings (SSSR count). The fourth-order valence-electron chi connectivity index (χ4n) is 0.573. The Labute approximate surface area is 77.1 Å². The van der Waals surface area contributed by atoms with E-state index in [0.717, 1.165) is 0 Å². The first kappa shape index (κ1) is 14.2. The number of hydrogen-bond acceptors (Lipinski definition) is 5. The van der Waals surface area contributed by atoms with Gasteiger partial charge in [0.15, 0.2) is 0 Å². The van der Waals surface area contributed by atoms with E-state index in [2.05, 4.69) is 4.99 Å². The smallest absolute Gasteiger partial charge is 0.376 e. The number of nitrogens with zero attached hydrogens (tertiary/aromatic N) is 1. The summed E-state index contributed by atoms with van der Waals surface area (Å²) in [6, 6.07) is 0. The first-order chi connectivity index (χ1) is 5.24. The molecule has 0 bridgehead atoms. The molecule has 0 aliphatic carbocycles. The zero-order valence-electron chi connectivity index (χ0n) is 6.79. The van der Waals surface area contributed by atoms with Crippen LogP contribution in [-0.2, 0) is 18.1 Å². The molecular weight excluding hydrogens is 194 g/mol. The molecule has 0 N–H and O–H groups in total. The van der Waals surface area contributed by atoms with Gasteiger partial charge in [0, 0.05) is 21.3 Å². The number of carbonyl (C=O) groups excluding carboxylic acids is 1. The predicted octanol–water partition coefficient (Wildman–Crippen LogP) is -1.71. The highest BCUT2D eigenvalue weighted by Gasteiger charge is 2.37. The summed E-state index contributed by atoms with van der Waals surface area (Å²) >= 11 is 0. The van der Waals surface area contributed by atoms with Gasteiger partial charge in [-0.2, -0.15) is 0 Å². The maximum Gasteiger partial charge on any atom is 0.523 e. The fraction of sp³-hybridized carbons (Fsp3) is 0.800. The van der Waals surface area contributed by atoms with Crippen LogP contribution in [0.4, 0.5) is 0 Å². The lowest BCUT2D eigenvalue weighted by Gasteiger charge is -2.21. The minimum Gasteiger partial charge on any atom is -0.376 e. The van der Waals surface area contributed by atoms with Crippen molar-refractivity contribution in [2.75, 3.05) is 27.5 Å². The van der Waals surface area contributed by atoms with Gasteiger partial charge < -0.3 is 13.3 Å². The molecule has 0 saturated carbocycles. The van der Waals surface area contributed by atoms with E-state index in [1.54, 1.807) is 0 Å².